The number of ether oxygens (including phenoxy) is 3. The first kappa shape index (κ1) is 72.8. The van der Waals surface area contributed by atoms with Crippen molar-refractivity contribution in [3.63, 3.8) is 0 Å². The van der Waals surface area contributed by atoms with Crippen LogP contribution in [0.2, 0.25) is 0 Å². The first-order valence-corrected chi connectivity index (χ1v) is 32.0. The van der Waals surface area contributed by atoms with Gasteiger partial charge in [-0.3, -0.25) is 14.4 Å². The predicted molar refractivity (Wildman–Crippen MR) is 334 cm³/mol. The standard InChI is InChI=1S/C71H118O6/c1-4-7-10-13-16-19-22-24-26-28-30-32-34-35-37-38-40-42-44-46-49-52-55-58-61-64-70(73)76-67-68(66-75-69(72)63-60-57-54-51-48-21-18-15-12-9-6-3)77-71(74)65-62-59-56-53-50-47-45-43-41-39-36-33-31-29-27-25-23-20-17-14-11-8-5-2/h8,11,15,17-18,20,22,24-25,27-28,30-31,33,39,41,45,47,53,56,68H,4-7,9-10,12-14,16,19,21,23,26,29,32,34-38,40,42-44,46,48-52,54-55,57-67H2,1-3H3/b11-8-,18-15-,20-17-,24-22-,27-25-,30-28-,33-31-,41-39-,47-45-,56-53-. The van der Waals surface area contributed by atoms with Gasteiger partial charge in [-0.25, -0.2) is 0 Å². The summed E-state index contributed by atoms with van der Waals surface area (Å²) in [5.41, 5.74) is 0. The molecule has 0 bridgehead atoms. The zero-order valence-electron chi connectivity index (χ0n) is 50.2. The number of allylic oxidation sites excluding steroid dienone is 20. The Morgan fingerprint density at radius 2 is 0.532 bits per heavy atom. The average Bonchev–Trinajstić information content (AvgIpc) is 3.43. The van der Waals surface area contributed by atoms with E-state index in [-0.39, 0.29) is 37.5 Å². The second-order valence-corrected chi connectivity index (χ2v) is 20.9. The van der Waals surface area contributed by atoms with Crippen LogP contribution >= 0.6 is 0 Å². The van der Waals surface area contributed by atoms with Crippen LogP contribution in [0.5, 0.6) is 0 Å². The lowest BCUT2D eigenvalue weighted by atomic mass is 10.0. The molecular weight excluding hydrogens is 949 g/mol. The molecule has 0 heterocycles. The summed E-state index contributed by atoms with van der Waals surface area (Å²) in [5, 5.41) is 0. The second-order valence-electron chi connectivity index (χ2n) is 20.9. The van der Waals surface area contributed by atoms with E-state index >= 15 is 0 Å². The molecule has 1 unspecified atom stereocenters. The minimum absolute atomic E-state index is 0.106. The van der Waals surface area contributed by atoms with Gasteiger partial charge in [0.2, 0.25) is 0 Å². The summed E-state index contributed by atoms with van der Waals surface area (Å²) >= 11 is 0. The molecule has 0 N–H and O–H groups in total. The Labute approximate surface area is 475 Å². The number of hydrogen-bond donors (Lipinski definition) is 0. The molecular formula is C71H118O6. The van der Waals surface area contributed by atoms with Crippen molar-refractivity contribution in [2.75, 3.05) is 13.2 Å². The largest absolute Gasteiger partial charge is 0.462 e. The Balaban J connectivity index is 4.38. The number of carbonyl (C=O) groups excluding carboxylic acids is 3. The van der Waals surface area contributed by atoms with E-state index in [1.165, 1.54) is 135 Å². The third kappa shape index (κ3) is 62.5. The Hall–Kier alpha value is -4.19. The summed E-state index contributed by atoms with van der Waals surface area (Å²) in [6, 6.07) is 0. The van der Waals surface area contributed by atoms with Crippen LogP contribution in [-0.2, 0) is 28.6 Å². The van der Waals surface area contributed by atoms with Crippen LogP contribution in [0.15, 0.2) is 122 Å². The number of hydrogen-bond acceptors (Lipinski definition) is 6. The topological polar surface area (TPSA) is 78.9 Å². The van der Waals surface area contributed by atoms with Gasteiger partial charge < -0.3 is 14.2 Å². The first-order chi connectivity index (χ1) is 38.0. The van der Waals surface area contributed by atoms with E-state index in [1.54, 1.807) is 0 Å². The molecule has 6 heteroatoms. The van der Waals surface area contributed by atoms with E-state index in [0.29, 0.717) is 19.3 Å². The molecule has 0 aliphatic rings. The normalized spacial score (nSPS) is 12.9. The smallest absolute Gasteiger partial charge is 0.306 e. The number of carbonyl (C=O) groups is 3. The van der Waals surface area contributed by atoms with Crippen molar-refractivity contribution in [2.24, 2.45) is 0 Å². The maximum atomic E-state index is 12.9. The highest BCUT2D eigenvalue weighted by Crippen LogP contribution is 2.15. The molecule has 0 amide bonds. The SMILES string of the molecule is CC/C=C\C/C=C\C/C=C\C/C=C\C/C=C\C/C=C\C/C=C\CCCC(=O)OC(COC(=O)CCCCCCC/C=C\CCCC)COC(=O)CCCCCCCCCCCCCCC/C=C\C/C=C\CCCCCCC. The summed E-state index contributed by atoms with van der Waals surface area (Å²) in [5.74, 6) is -0.974. The molecule has 0 aliphatic heterocycles. The Kier molecular flexibility index (Phi) is 60.8. The minimum atomic E-state index is -0.816. The van der Waals surface area contributed by atoms with Gasteiger partial charge in [0.1, 0.15) is 13.2 Å². The van der Waals surface area contributed by atoms with E-state index in [1.807, 2.05) is 0 Å². The minimum Gasteiger partial charge on any atom is -0.462 e. The van der Waals surface area contributed by atoms with Gasteiger partial charge in [-0.05, 0) is 122 Å². The molecule has 0 saturated carbocycles. The number of rotatable bonds is 57. The summed E-state index contributed by atoms with van der Waals surface area (Å²) in [4.78, 5) is 38.2. The van der Waals surface area contributed by atoms with Gasteiger partial charge in [0.15, 0.2) is 6.10 Å². The molecule has 0 aliphatic carbocycles. The Morgan fingerprint density at radius 3 is 0.883 bits per heavy atom. The molecule has 6 nitrogen and oxygen atoms in total. The monoisotopic (exact) mass is 1070 g/mol. The maximum Gasteiger partial charge on any atom is 0.306 e. The van der Waals surface area contributed by atoms with Gasteiger partial charge in [-0.2, -0.15) is 0 Å². The van der Waals surface area contributed by atoms with Crippen LogP contribution in [0.1, 0.15) is 290 Å². The van der Waals surface area contributed by atoms with E-state index in [4.69, 9.17) is 14.2 Å². The molecule has 0 aromatic heterocycles. The molecule has 0 radical (unpaired) electrons. The average molecular weight is 1070 g/mol. The fourth-order valence-corrected chi connectivity index (χ4v) is 8.62. The quantitative estimate of drug-likeness (QED) is 0.0261. The lowest BCUT2D eigenvalue weighted by Gasteiger charge is -2.18. The number of unbranched alkanes of at least 4 members (excludes halogenated alkanes) is 26. The van der Waals surface area contributed by atoms with Gasteiger partial charge in [-0.1, -0.05) is 271 Å². The predicted octanol–water partition coefficient (Wildman–Crippen LogP) is 22.0. The van der Waals surface area contributed by atoms with Crippen LogP contribution in [-0.4, -0.2) is 37.2 Å². The fourth-order valence-electron chi connectivity index (χ4n) is 8.62. The van der Waals surface area contributed by atoms with Crippen molar-refractivity contribution in [1.82, 2.24) is 0 Å². The van der Waals surface area contributed by atoms with E-state index in [2.05, 4.69) is 142 Å². The number of esters is 3. The lowest BCUT2D eigenvalue weighted by Crippen LogP contribution is -2.30. The van der Waals surface area contributed by atoms with Gasteiger partial charge in [0.05, 0.1) is 0 Å². The van der Waals surface area contributed by atoms with Gasteiger partial charge >= 0.3 is 17.9 Å². The highest BCUT2D eigenvalue weighted by Gasteiger charge is 2.19. The zero-order valence-corrected chi connectivity index (χ0v) is 50.2. The van der Waals surface area contributed by atoms with Gasteiger partial charge in [0, 0.05) is 19.3 Å². The van der Waals surface area contributed by atoms with Crippen LogP contribution in [0, 0.1) is 0 Å². The molecule has 0 aromatic rings. The van der Waals surface area contributed by atoms with Gasteiger partial charge in [0.25, 0.3) is 0 Å². The zero-order chi connectivity index (χ0) is 55.7. The third-order valence-electron chi connectivity index (χ3n) is 13.4. The molecule has 0 rings (SSSR count). The van der Waals surface area contributed by atoms with Crippen LogP contribution in [0.4, 0.5) is 0 Å². The second kappa shape index (κ2) is 64.3. The van der Waals surface area contributed by atoms with Crippen LogP contribution in [0.25, 0.3) is 0 Å². The molecule has 0 spiro atoms. The van der Waals surface area contributed by atoms with Gasteiger partial charge in [-0.15, -0.1) is 0 Å². The van der Waals surface area contributed by atoms with E-state index in [0.717, 1.165) is 109 Å². The molecule has 0 aromatic carbocycles. The highest BCUT2D eigenvalue weighted by atomic mass is 16.6. The highest BCUT2D eigenvalue weighted by molar-refractivity contribution is 5.71. The van der Waals surface area contributed by atoms with Crippen molar-refractivity contribution in [3.05, 3.63) is 122 Å². The third-order valence-corrected chi connectivity index (χ3v) is 13.4. The van der Waals surface area contributed by atoms with Crippen molar-refractivity contribution in [2.45, 2.75) is 297 Å². The molecule has 77 heavy (non-hydrogen) atoms. The summed E-state index contributed by atoms with van der Waals surface area (Å²) < 4.78 is 16.8. The maximum absolute atomic E-state index is 12.9. The fraction of sp³-hybridized carbons (Fsp3) is 0.676. The molecule has 438 valence electrons. The summed E-state index contributed by atoms with van der Waals surface area (Å²) in [6.45, 7) is 6.43. The Bertz CT molecular complexity index is 1600. The van der Waals surface area contributed by atoms with Crippen molar-refractivity contribution in [3.8, 4) is 0 Å². The molecule has 0 fully saturated rings. The van der Waals surface area contributed by atoms with Crippen molar-refractivity contribution < 1.29 is 28.6 Å². The Morgan fingerprint density at radius 1 is 0.273 bits per heavy atom. The van der Waals surface area contributed by atoms with Crippen LogP contribution in [0.3, 0.4) is 0 Å². The van der Waals surface area contributed by atoms with Crippen LogP contribution < -0.4 is 0 Å². The lowest BCUT2D eigenvalue weighted by molar-refractivity contribution is -0.167. The van der Waals surface area contributed by atoms with E-state index < -0.39 is 6.10 Å². The van der Waals surface area contributed by atoms with Crippen molar-refractivity contribution in [1.29, 1.82) is 0 Å². The van der Waals surface area contributed by atoms with Crippen molar-refractivity contribution >= 4 is 17.9 Å². The summed E-state index contributed by atoms with van der Waals surface area (Å²) in [6.07, 6.45) is 89.3. The first-order valence-electron chi connectivity index (χ1n) is 32.0. The molecule has 1 atom stereocenters. The van der Waals surface area contributed by atoms with E-state index in [9.17, 15) is 14.4 Å². The molecule has 0 saturated heterocycles. The summed E-state index contributed by atoms with van der Waals surface area (Å²) in [7, 11) is 0.